The van der Waals surface area contributed by atoms with Gasteiger partial charge in [-0.3, -0.25) is 4.79 Å². The number of carbonyl (C=O) groups is 1. The standard InChI is InChI=1S/C11H20N2O2Si/c1-11(2,3)16(4,5)15-9-6-10(14)13-8(9)7-12/h8-9H,6H2,1-5H3,(H,13,14)/t8-,9-/m1/s1. The minimum atomic E-state index is -1.90. The Hall–Kier alpha value is -0.863. The normalized spacial score (nSPS) is 26.4. The van der Waals surface area contributed by atoms with E-state index in [1.165, 1.54) is 0 Å². The zero-order valence-corrected chi connectivity index (χ0v) is 11.6. The van der Waals surface area contributed by atoms with Crippen LogP contribution in [-0.4, -0.2) is 26.4 Å². The first kappa shape index (κ1) is 13.2. The zero-order valence-electron chi connectivity index (χ0n) is 10.6. The lowest BCUT2D eigenvalue weighted by Gasteiger charge is -2.38. The van der Waals surface area contributed by atoms with Gasteiger partial charge in [-0.1, -0.05) is 20.8 Å². The lowest BCUT2D eigenvalue weighted by atomic mass is 10.2. The van der Waals surface area contributed by atoms with Gasteiger partial charge in [-0.05, 0) is 18.1 Å². The Morgan fingerprint density at radius 2 is 2.06 bits per heavy atom. The van der Waals surface area contributed by atoms with E-state index in [2.05, 4.69) is 45.3 Å². The molecule has 1 rings (SSSR count). The second-order valence-electron chi connectivity index (χ2n) is 5.80. The van der Waals surface area contributed by atoms with Crippen molar-refractivity contribution in [3.8, 4) is 6.07 Å². The summed E-state index contributed by atoms with van der Waals surface area (Å²) >= 11 is 0. The Labute approximate surface area is 98.1 Å². The Kier molecular flexibility index (Phi) is 3.46. The van der Waals surface area contributed by atoms with Crippen LogP contribution in [-0.2, 0) is 9.22 Å². The van der Waals surface area contributed by atoms with Gasteiger partial charge in [0.2, 0.25) is 5.91 Å². The number of nitriles is 1. The fourth-order valence-corrected chi connectivity index (χ4v) is 2.74. The second kappa shape index (κ2) is 4.19. The topological polar surface area (TPSA) is 62.1 Å². The van der Waals surface area contributed by atoms with Gasteiger partial charge in [0.1, 0.15) is 6.04 Å². The summed E-state index contributed by atoms with van der Waals surface area (Å²) < 4.78 is 6.07. The van der Waals surface area contributed by atoms with Gasteiger partial charge in [0.25, 0.3) is 0 Å². The Morgan fingerprint density at radius 3 is 2.50 bits per heavy atom. The van der Waals surface area contributed by atoms with Crippen LogP contribution >= 0.6 is 0 Å². The number of hydrogen-bond acceptors (Lipinski definition) is 3. The van der Waals surface area contributed by atoms with E-state index in [1.54, 1.807) is 0 Å². The van der Waals surface area contributed by atoms with Crippen LogP contribution in [0.2, 0.25) is 18.1 Å². The largest absolute Gasteiger partial charge is 0.410 e. The van der Waals surface area contributed by atoms with Gasteiger partial charge in [0.05, 0.1) is 18.6 Å². The van der Waals surface area contributed by atoms with Crippen LogP contribution in [0.4, 0.5) is 0 Å². The molecule has 0 bridgehead atoms. The van der Waals surface area contributed by atoms with Crippen molar-refractivity contribution >= 4 is 14.2 Å². The number of nitrogens with zero attached hydrogens (tertiary/aromatic N) is 1. The van der Waals surface area contributed by atoms with Crippen molar-refractivity contribution in [1.29, 1.82) is 5.26 Å². The van der Waals surface area contributed by atoms with E-state index in [1.807, 2.05) is 0 Å². The Morgan fingerprint density at radius 1 is 1.50 bits per heavy atom. The number of hydrogen-bond donors (Lipinski definition) is 1. The fourth-order valence-electron chi connectivity index (χ4n) is 1.41. The molecule has 16 heavy (non-hydrogen) atoms. The lowest BCUT2D eigenvalue weighted by Crippen LogP contribution is -2.46. The molecular formula is C11H20N2O2Si. The van der Waals surface area contributed by atoms with Crippen molar-refractivity contribution in [3.63, 3.8) is 0 Å². The monoisotopic (exact) mass is 240 g/mol. The number of amides is 1. The van der Waals surface area contributed by atoms with Crippen molar-refractivity contribution in [2.45, 2.75) is 57.5 Å². The molecule has 5 heteroatoms. The van der Waals surface area contributed by atoms with Crippen molar-refractivity contribution in [1.82, 2.24) is 5.32 Å². The molecule has 0 spiro atoms. The van der Waals surface area contributed by atoms with Crippen molar-refractivity contribution in [2.75, 3.05) is 0 Å². The van der Waals surface area contributed by atoms with Crippen LogP contribution in [0.3, 0.4) is 0 Å². The first-order valence-corrected chi connectivity index (χ1v) is 8.45. The van der Waals surface area contributed by atoms with Crippen molar-refractivity contribution in [2.24, 2.45) is 0 Å². The molecule has 1 aliphatic rings. The van der Waals surface area contributed by atoms with Gasteiger partial charge in [-0.15, -0.1) is 0 Å². The highest BCUT2D eigenvalue weighted by atomic mass is 28.4. The number of nitrogens with one attached hydrogen (secondary N) is 1. The molecule has 1 heterocycles. The molecule has 1 N–H and O–H groups in total. The molecule has 0 aliphatic carbocycles. The molecule has 0 aromatic carbocycles. The van der Waals surface area contributed by atoms with Crippen LogP contribution < -0.4 is 5.32 Å². The first-order valence-electron chi connectivity index (χ1n) is 5.54. The van der Waals surface area contributed by atoms with Gasteiger partial charge >= 0.3 is 0 Å². The summed E-state index contributed by atoms with van der Waals surface area (Å²) in [6.07, 6.45) is 0.0310. The van der Waals surface area contributed by atoms with Gasteiger partial charge in [0.15, 0.2) is 8.32 Å². The SMILES string of the molecule is CC(C)(C)[Si](C)(C)O[C@@H]1CC(=O)N[C@@H]1C#N. The summed E-state index contributed by atoms with van der Waals surface area (Å²) in [6.45, 7) is 10.7. The van der Waals surface area contributed by atoms with Crippen LogP contribution in [0.1, 0.15) is 27.2 Å². The molecule has 2 atom stereocenters. The molecule has 4 nitrogen and oxygen atoms in total. The third-order valence-electron chi connectivity index (χ3n) is 3.47. The maximum Gasteiger partial charge on any atom is 0.223 e. The average molecular weight is 240 g/mol. The third-order valence-corrected chi connectivity index (χ3v) is 7.97. The van der Waals surface area contributed by atoms with Gasteiger partial charge in [0, 0.05) is 0 Å². The highest BCUT2D eigenvalue weighted by Gasteiger charge is 2.43. The molecule has 1 fully saturated rings. The van der Waals surface area contributed by atoms with Crippen LogP contribution in [0.25, 0.3) is 0 Å². The molecule has 0 saturated carbocycles. The molecular weight excluding hydrogens is 220 g/mol. The zero-order chi connectivity index (χ0) is 12.6. The lowest BCUT2D eigenvalue weighted by molar-refractivity contribution is -0.119. The maximum atomic E-state index is 11.2. The van der Waals surface area contributed by atoms with Gasteiger partial charge < -0.3 is 9.74 Å². The molecule has 1 saturated heterocycles. The predicted octanol–water partition coefficient (Wildman–Crippen LogP) is 1.79. The third kappa shape index (κ3) is 2.63. The summed E-state index contributed by atoms with van der Waals surface area (Å²) in [5.41, 5.74) is 0. The number of rotatable bonds is 2. The minimum absolute atomic E-state index is 0.0877. The van der Waals surface area contributed by atoms with E-state index >= 15 is 0 Å². The average Bonchev–Trinajstić information content (AvgIpc) is 2.43. The summed E-state index contributed by atoms with van der Waals surface area (Å²) in [4.78, 5) is 11.2. The molecule has 0 aromatic heterocycles. The highest BCUT2D eigenvalue weighted by molar-refractivity contribution is 6.74. The van der Waals surface area contributed by atoms with Crippen LogP contribution in [0, 0.1) is 11.3 Å². The van der Waals surface area contributed by atoms with Crippen LogP contribution in [0.5, 0.6) is 0 Å². The van der Waals surface area contributed by atoms with Gasteiger partial charge in [-0.25, -0.2) is 0 Å². The molecule has 1 aliphatic heterocycles. The highest BCUT2D eigenvalue weighted by Crippen LogP contribution is 2.38. The smallest absolute Gasteiger partial charge is 0.223 e. The minimum Gasteiger partial charge on any atom is -0.410 e. The van der Waals surface area contributed by atoms with E-state index in [0.717, 1.165) is 0 Å². The second-order valence-corrected chi connectivity index (χ2v) is 10.6. The molecule has 90 valence electrons. The summed E-state index contributed by atoms with van der Waals surface area (Å²) in [5, 5.41) is 11.6. The number of carbonyl (C=O) groups excluding carboxylic acids is 1. The molecule has 0 unspecified atom stereocenters. The molecule has 0 aromatic rings. The summed E-state index contributed by atoms with van der Waals surface area (Å²) in [7, 11) is -1.90. The van der Waals surface area contributed by atoms with E-state index in [-0.39, 0.29) is 17.0 Å². The molecule has 0 radical (unpaired) electrons. The van der Waals surface area contributed by atoms with E-state index in [4.69, 9.17) is 9.69 Å². The molecule has 1 amide bonds. The predicted molar refractivity (Wildman–Crippen MR) is 64.2 cm³/mol. The maximum absolute atomic E-state index is 11.2. The quantitative estimate of drug-likeness (QED) is 0.748. The van der Waals surface area contributed by atoms with Crippen molar-refractivity contribution < 1.29 is 9.22 Å². The Bertz CT molecular complexity index is 328. The van der Waals surface area contributed by atoms with E-state index < -0.39 is 14.4 Å². The van der Waals surface area contributed by atoms with E-state index in [9.17, 15) is 4.79 Å². The summed E-state index contributed by atoms with van der Waals surface area (Å²) in [5.74, 6) is -0.0877. The summed E-state index contributed by atoms with van der Waals surface area (Å²) in [6, 6.07) is 1.60. The first-order chi connectivity index (χ1) is 7.17. The fraction of sp³-hybridized carbons (Fsp3) is 0.818. The van der Waals surface area contributed by atoms with Crippen molar-refractivity contribution in [3.05, 3.63) is 0 Å². The Balaban J connectivity index is 2.75. The van der Waals surface area contributed by atoms with Gasteiger partial charge in [-0.2, -0.15) is 5.26 Å². The van der Waals surface area contributed by atoms with E-state index in [0.29, 0.717) is 6.42 Å². The van der Waals surface area contributed by atoms with Crippen LogP contribution in [0.15, 0.2) is 0 Å².